The topological polar surface area (TPSA) is 70.6 Å². The fourth-order valence-electron chi connectivity index (χ4n) is 3.31. The summed E-state index contributed by atoms with van der Waals surface area (Å²) in [5.74, 6) is 1.20. The van der Waals surface area contributed by atoms with E-state index in [2.05, 4.69) is 38.9 Å². The van der Waals surface area contributed by atoms with Crippen LogP contribution in [0.3, 0.4) is 0 Å². The molecule has 0 unspecified atom stereocenters. The van der Waals surface area contributed by atoms with Gasteiger partial charge in [0.2, 0.25) is 5.91 Å². The second kappa shape index (κ2) is 7.25. The molecule has 0 bridgehead atoms. The average molecular weight is 351 g/mol. The monoisotopic (exact) mass is 351 g/mol. The molecule has 132 valence electrons. The van der Waals surface area contributed by atoms with Crippen molar-refractivity contribution in [2.24, 2.45) is 5.41 Å². The van der Waals surface area contributed by atoms with E-state index in [1.807, 2.05) is 7.05 Å². The number of nitrogens with one attached hydrogen (secondary N) is 1. The van der Waals surface area contributed by atoms with Crippen LogP contribution in [-0.4, -0.2) is 73.0 Å². The van der Waals surface area contributed by atoms with Crippen LogP contribution in [0.25, 0.3) is 0 Å². The molecule has 7 nitrogen and oxygen atoms in total. The molecule has 0 aliphatic carbocycles. The van der Waals surface area contributed by atoms with Crippen molar-refractivity contribution in [1.29, 1.82) is 0 Å². The van der Waals surface area contributed by atoms with E-state index in [1.54, 1.807) is 6.33 Å². The molecule has 0 aromatic carbocycles. The highest BCUT2D eigenvalue weighted by atomic mass is 32.2. The predicted octanol–water partition coefficient (Wildman–Crippen LogP) is 1.32. The van der Waals surface area contributed by atoms with Crippen LogP contribution in [0.1, 0.15) is 13.8 Å². The molecule has 0 atom stereocenters. The van der Waals surface area contributed by atoms with Gasteiger partial charge in [-0.25, -0.2) is 9.97 Å². The van der Waals surface area contributed by atoms with E-state index in [1.165, 1.54) is 11.8 Å². The van der Waals surface area contributed by atoms with E-state index in [0.29, 0.717) is 5.75 Å². The van der Waals surface area contributed by atoms with Gasteiger partial charge in [0.25, 0.3) is 0 Å². The predicted molar refractivity (Wildman–Crippen MR) is 95.7 cm³/mol. The summed E-state index contributed by atoms with van der Waals surface area (Å²) in [6.07, 6.45) is 1.57. The standard InChI is InChI=1S/C16H25N5O2S/c1-16(2,10-21-4-6-23-7-5-21)9-20(3)14-13-15(18-11-17-14)24-8-12(22)19-13/h11H,4-10H2,1-3H3,(H,19,22). The number of hydrogen-bond donors (Lipinski definition) is 1. The van der Waals surface area contributed by atoms with Gasteiger partial charge in [0.15, 0.2) is 5.82 Å². The summed E-state index contributed by atoms with van der Waals surface area (Å²) in [7, 11) is 2.02. The zero-order chi connectivity index (χ0) is 17.2. The SMILES string of the molecule is CN(CC(C)(C)CN1CCOCC1)c1ncnc2c1NC(=O)CS2. The van der Waals surface area contributed by atoms with Gasteiger partial charge in [0, 0.05) is 33.2 Å². The molecule has 1 aromatic rings. The minimum atomic E-state index is 0.00419. The number of thioether (sulfide) groups is 1. The molecular weight excluding hydrogens is 326 g/mol. The largest absolute Gasteiger partial charge is 0.379 e. The highest BCUT2D eigenvalue weighted by Gasteiger charge is 2.28. The van der Waals surface area contributed by atoms with E-state index in [-0.39, 0.29) is 11.3 Å². The Morgan fingerprint density at radius 2 is 2.12 bits per heavy atom. The zero-order valence-corrected chi connectivity index (χ0v) is 15.4. The molecule has 0 saturated carbocycles. The number of carbonyl (C=O) groups excluding carboxylic acids is 1. The Morgan fingerprint density at radius 3 is 2.88 bits per heavy atom. The summed E-state index contributed by atoms with van der Waals surface area (Å²) in [6, 6.07) is 0. The van der Waals surface area contributed by atoms with Gasteiger partial charge in [-0.2, -0.15) is 0 Å². The fourth-order valence-corrected chi connectivity index (χ4v) is 4.06. The lowest BCUT2D eigenvalue weighted by molar-refractivity contribution is -0.113. The van der Waals surface area contributed by atoms with Crippen molar-refractivity contribution >= 4 is 29.2 Å². The highest BCUT2D eigenvalue weighted by Crippen LogP contribution is 2.36. The second-order valence-electron chi connectivity index (χ2n) is 7.12. The number of rotatable bonds is 5. The minimum Gasteiger partial charge on any atom is -0.379 e. The van der Waals surface area contributed by atoms with Crippen LogP contribution >= 0.6 is 11.8 Å². The lowest BCUT2D eigenvalue weighted by Gasteiger charge is -2.37. The summed E-state index contributed by atoms with van der Waals surface area (Å²) in [4.78, 5) is 25.0. The van der Waals surface area contributed by atoms with Crippen LogP contribution in [0.5, 0.6) is 0 Å². The molecule has 0 spiro atoms. The number of hydrogen-bond acceptors (Lipinski definition) is 7. The summed E-state index contributed by atoms with van der Waals surface area (Å²) in [6.45, 7) is 9.98. The van der Waals surface area contributed by atoms with Gasteiger partial charge in [0.1, 0.15) is 17.0 Å². The smallest absolute Gasteiger partial charge is 0.234 e. The molecule has 1 saturated heterocycles. The first-order valence-electron chi connectivity index (χ1n) is 8.23. The molecule has 8 heteroatoms. The van der Waals surface area contributed by atoms with Crippen molar-refractivity contribution in [3.63, 3.8) is 0 Å². The molecule has 1 fully saturated rings. The molecule has 1 N–H and O–H groups in total. The van der Waals surface area contributed by atoms with Gasteiger partial charge in [-0.3, -0.25) is 9.69 Å². The average Bonchev–Trinajstić information content (AvgIpc) is 2.54. The molecular formula is C16H25N5O2S. The Kier molecular flexibility index (Phi) is 5.27. The van der Waals surface area contributed by atoms with Gasteiger partial charge < -0.3 is 15.0 Å². The van der Waals surface area contributed by atoms with Crippen LogP contribution in [0, 0.1) is 5.41 Å². The van der Waals surface area contributed by atoms with E-state index in [4.69, 9.17) is 4.74 Å². The summed E-state index contributed by atoms with van der Waals surface area (Å²) in [5, 5.41) is 3.77. The Bertz CT molecular complexity index is 604. The van der Waals surface area contributed by atoms with Crippen molar-refractivity contribution in [2.75, 3.05) is 62.4 Å². The van der Waals surface area contributed by atoms with E-state index < -0.39 is 0 Å². The van der Waals surface area contributed by atoms with E-state index in [9.17, 15) is 4.79 Å². The van der Waals surface area contributed by atoms with Crippen molar-refractivity contribution in [1.82, 2.24) is 14.9 Å². The summed E-state index contributed by atoms with van der Waals surface area (Å²) in [5.41, 5.74) is 0.832. The summed E-state index contributed by atoms with van der Waals surface area (Å²) >= 11 is 1.46. The maximum atomic E-state index is 11.7. The van der Waals surface area contributed by atoms with Crippen molar-refractivity contribution < 1.29 is 9.53 Å². The molecule has 2 aliphatic heterocycles. The normalized spacial score (nSPS) is 18.9. The maximum Gasteiger partial charge on any atom is 0.234 e. The third kappa shape index (κ3) is 4.17. The van der Waals surface area contributed by atoms with Crippen LogP contribution < -0.4 is 10.2 Å². The number of ether oxygens (including phenoxy) is 1. The zero-order valence-electron chi connectivity index (χ0n) is 14.5. The third-order valence-electron chi connectivity index (χ3n) is 4.18. The number of aromatic nitrogens is 2. The minimum absolute atomic E-state index is 0.00419. The van der Waals surface area contributed by atoms with Gasteiger partial charge in [0.05, 0.1) is 19.0 Å². The van der Waals surface area contributed by atoms with Crippen LogP contribution in [-0.2, 0) is 9.53 Å². The molecule has 2 aliphatic rings. The number of nitrogens with zero attached hydrogens (tertiary/aromatic N) is 4. The number of anilines is 2. The van der Waals surface area contributed by atoms with Gasteiger partial charge >= 0.3 is 0 Å². The highest BCUT2D eigenvalue weighted by molar-refractivity contribution is 8.00. The Balaban J connectivity index is 1.70. The van der Waals surface area contributed by atoms with Crippen LogP contribution in [0.15, 0.2) is 11.4 Å². The van der Waals surface area contributed by atoms with E-state index >= 15 is 0 Å². The maximum absolute atomic E-state index is 11.7. The first-order chi connectivity index (χ1) is 11.4. The lowest BCUT2D eigenvalue weighted by Crippen LogP contribution is -2.45. The number of amides is 1. The number of morpholine rings is 1. The lowest BCUT2D eigenvalue weighted by atomic mass is 9.91. The van der Waals surface area contributed by atoms with Crippen molar-refractivity contribution in [3.8, 4) is 0 Å². The number of fused-ring (bicyclic) bond motifs is 1. The quantitative estimate of drug-likeness (QED) is 0.802. The van der Waals surface area contributed by atoms with Crippen molar-refractivity contribution in [2.45, 2.75) is 18.9 Å². The first kappa shape index (κ1) is 17.4. The third-order valence-corrected chi connectivity index (χ3v) is 5.17. The molecule has 24 heavy (non-hydrogen) atoms. The van der Waals surface area contributed by atoms with Crippen molar-refractivity contribution in [3.05, 3.63) is 6.33 Å². The van der Waals surface area contributed by atoms with Gasteiger partial charge in [-0.1, -0.05) is 25.6 Å². The van der Waals surface area contributed by atoms with Crippen LogP contribution in [0.2, 0.25) is 0 Å². The summed E-state index contributed by atoms with van der Waals surface area (Å²) < 4.78 is 5.43. The molecule has 1 aromatic heterocycles. The molecule has 1 amide bonds. The Labute approximate surface area is 147 Å². The first-order valence-corrected chi connectivity index (χ1v) is 9.22. The molecule has 3 heterocycles. The van der Waals surface area contributed by atoms with Gasteiger partial charge in [-0.05, 0) is 5.41 Å². The van der Waals surface area contributed by atoms with Gasteiger partial charge in [-0.15, -0.1) is 0 Å². The molecule has 0 radical (unpaired) electrons. The Morgan fingerprint density at radius 1 is 1.38 bits per heavy atom. The van der Waals surface area contributed by atoms with Crippen LogP contribution in [0.4, 0.5) is 11.5 Å². The fraction of sp³-hybridized carbons (Fsp3) is 0.688. The Hall–Kier alpha value is -1.38. The number of carbonyl (C=O) groups is 1. The van der Waals surface area contributed by atoms with E-state index in [0.717, 1.165) is 55.9 Å². The molecule has 3 rings (SSSR count). The second-order valence-corrected chi connectivity index (χ2v) is 8.09.